The Hall–Kier alpha value is -0.770. The minimum absolute atomic E-state index is 0.202. The molecular weight excluding hydrogens is 216 g/mol. The molecule has 1 fully saturated rings. The molecule has 17 heavy (non-hydrogen) atoms. The standard InChI is InChI=1S/C13H26N2O2/c1-9(2)6-11(14)10-7-15(8-10)12(16)17-13(3,4)5/h9-11H,6-8,14H2,1-5H3/t11-/m1/s1. The molecule has 0 aliphatic carbocycles. The van der Waals surface area contributed by atoms with Gasteiger partial charge in [-0.25, -0.2) is 4.79 Å². The molecule has 1 atom stereocenters. The van der Waals surface area contributed by atoms with Gasteiger partial charge in [-0.15, -0.1) is 0 Å². The molecule has 0 aromatic rings. The smallest absolute Gasteiger partial charge is 0.410 e. The predicted octanol–water partition coefficient (Wildman–Crippen LogP) is 2.23. The van der Waals surface area contributed by atoms with E-state index in [1.807, 2.05) is 20.8 Å². The second-order valence-electron chi connectivity index (χ2n) is 6.44. The lowest BCUT2D eigenvalue weighted by molar-refractivity contribution is -0.00554. The Bertz CT molecular complexity index is 265. The van der Waals surface area contributed by atoms with Gasteiger partial charge in [0.05, 0.1) is 0 Å². The molecular formula is C13H26N2O2. The summed E-state index contributed by atoms with van der Waals surface area (Å²) in [6.07, 6.45) is 0.804. The second-order valence-corrected chi connectivity index (χ2v) is 6.44. The number of carbonyl (C=O) groups excluding carboxylic acids is 1. The minimum atomic E-state index is -0.414. The summed E-state index contributed by atoms with van der Waals surface area (Å²) in [5.74, 6) is 1.05. The highest BCUT2D eigenvalue weighted by Crippen LogP contribution is 2.24. The van der Waals surface area contributed by atoms with Crippen molar-refractivity contribution in [2.45, 2.75) is 52.7 Å². The van der Waals surface area contributed by atoms with Gasteiger partial charge in [0, 0.05) is 25.0 Å². The van der Waals surface area contributed by atoms with E-state index in [2.05, 4.69) is 13.8 Å². The van der Waals surface area contributed by atoms with E-state index in [0.29, 0.717) is 11.8 Å². The fourth-order valence-electron chi connectivity index (χ4n) is 2.00. The Morgan fingerprint density at radius 3 is 2.35 bits per heavy atom. The number of ether oxygens (including phenoxy) is 1. The van der Waals surface area contributed by atoms with Crippen LogP contribution in [0.2, 0.25) is 0 Å². The summed E-state index contributed by atoms with van der Waals surface area (Å²) < 4.78 is 5.30. The molecule has 1 rings (SSSR count). The van der Waals surface area contributed by atoms with E-state index < -0.39 is 5.60 Å². The van der Waals surface area contributed by atoms with Gasteiger partial charge in [0.15, 0.2) is 0 Å². The summed E-state index contributed by atoms with van der Waals surface area (Å²) in [4.78, 5) is 13.4. The van der Waals surface area contributed by atoms with Gasteiger partial charge in [-0.1, -0.05) is 13.8 Å². The van der Waals surface area contributed by atoms with Crippen LogP contribution in [0.15, 0.2) is 0 Å². The average Bonchev–Trinajstić information content (AvgIpc) is 1.94. The first-order valence-corrected chi connectivity index (χ1v) is 6.42. The number of carbonyl (C=O) groups is 1. The van der Waals surface area contributed by atoms with Gasteiger partial charge in [0.25, 0.3) is 0 Å². The zero-order valence-electron chi connectivity index (χ0n) is 11.7. The monoisotopic (exact) mass is 242 g/mol. The summed E-state index contributed by atoms with van der Waals surface area (Å²) in [7, 11) is 0. The van der Waals surface area contributed by atoms with Crippen molar-refractivity contribution in [3.05, 3.63) is 0 Å². The van der Waals surface area contributed by atoms with E-state index in [1.165, 1.54) is 0 Å². The first-order valence-electron chi connectivity index (χ1n) is 6.42. The van der Waals surface area contributed by atoms with Gasteiger partial charge in [-0.3, -0.25) is 0 Å². The third-order valence-electron chi connectivity index (χ3n) is 2.91. The molecule has 4 nitrogen and oxygen atoms in total. The molecule has 0 aromatic heterocycles. The van der Waals surface area contributed by atoms with E-state index >= 15 is 0 Å². The summed E-state index contributed by atoms with van der Waals surface area (Å²) >= 11 is 0. The van der Waals surface area contributed by atoms with Gasteiger partial charge >= 0.3 is 6.09 Å². The summed E-state index contributed by atoms with van der Waals surface area (Å²) in [5, 5.41) is 0. The topological polar surface area (TPSA) is 55.6 Å². The number of likely N-dealkylation sites (tertiary alicyclic amines) is 1. The zero-order valence-corrected chi connectivity index (χ0v) is 11.7. The van der Waals surface area contributed by atoms with Crippen molar-refractivity contribution in [3.8, 4) is 0 Å². The molecule has 1 aliphatic rings. The number of hydrogen-bond acceptors (Lipinski definition) is 3. The average molecular weight is 242 g/mol. The van der Waals surface area contributed by atoms with Crippen molar-refractivity contribution in [3.63, 3.8) is 0 Å². The van der Waals surface area contributed by atoms with Gasteiger partial charge in [0.2, 0.25) is 0 Å². The summed E-state index contributed by atoms with van der Waals surface area (Å²) in [5.41, 5.74) is 5.68. The molecule has 1 aliphatic heterocycles. The van der Waals surface area contributed by atoms with E-state index in [9.17, 15) is 4.79 Å². The highest BCUT2D eigenvalue weighted by molar-refractivity contribution is 5.69. The van der Waals surface area contributed by atoms with Crippen molar-refractivity contribution < 1.29 is 9.53 Å². The summed E-state index contributed by atoms with van der Waals surface area (Å²) in [6.45, 7) is 11.5. The largest absolute Gasteiger partial charge is 0.444 e. The van der Waals surface area contributed by atoms with E-state index in [0.717, 1.165) is 19.5 Å². The van der Waals surface area contributed by atoms with Crippen LogP contribution in [0.1, 0.15) is 41.0 Å². The van der Waals surface area contributed by atoms with Crippen molar-refractivity contribution in [2.24, 2.45) is 17.6 Å². The lowest BCUT2D eigenvalue weighted by Gasteiger charge is -2.42. The molecule has 0 spiro atoms. The van der Waals surface area contributed by atoms with Crippen molar-refractivity contribution >= 4 is 6.09 Å². The normalized spacial score (nSPS) is 19.1. The Morgan fingerprint density at radius 1 is 1.41 bits per heavy atom. The van der Waals surface area contributed by atoms with Crippen molar-refractivity contribution in [2.75, 3.05) is 13.1 Å². The maximum Gasteiger partial charge on any atom is 0.410 e. The molecule has 1 saturated heterocycles. The Kier molecular flexibility index (Phi) is 4.42. The number of nitrogens with two attached hydrogens (primary N) is 1. The first-order chi connectivity index (χ1) is 7.69. The van der Waals surface area contributed by atoms with Crippen LogP contribution in [-0.4, -0.2) is 35.7 Å². The van der Waals surface area contributed by atoms with E-state index in [1.54, 1.807) is 4.90 Å². The van der Waals surface area contributed by atoms with Crippen LogP contribution in [0.3, 0.4) is 0 Å². The van der Waals surface area contributed by atoms with E-state index in [4.69, 9.17) is 10.5 Å². The third-order valence-corrected chi connectivity index (χ3v) is 2.91. The van der Waals surface area contributed by atoms with Crippen LogP contribution < -0.4 is 5.73 Å². The number of hydrogen-bond donors (Lipinski definition) is 1. The SMILES string of the molecule is CC(C)C[C@@H](N)C1CN(C(=O)OC(C)(C)C)C1. The molecule has 2 N–H and O–H groups in total. The molecule has 0 unspecified atom stereocenters. The van der Waals surface area contributed by atoms with Crippen LogP contribution in [0.4, 0.5) is 4.79 Å². The molecule has 100 valence electrons. The highest BCUT2D eigenvalue weighted by Gasteiger charge is 2.36. The molecule has 0 aromatic carbocycles. The molecule has 0 saturated carbocycles. The van der Waals surface area contributed by atoms with Crippen LogP contribution >= 0.6 is 0 Å². The first kappa shape index (κ1) is 14.3. The molecule has 4 heteroatoms. The van der Waals surface area contributed by atoms with Crippen molar-refractivity contribution in [1.29, 1.82) is 0 Å². The Balaban J connectivity index is 2.29. The maximum atomic E-state index is 11.7. The third kappa shape index (κ3) is 4.54. The van der Waals surface area contributed by atoms with Gasteiger partial charge < -0.3 is 15.4 Å². The fraction of sp³-hybridized carbons (Fsp3) is 0.923. The summed E-state index contributed by atoms with van der Waals surface area (Å²) in [6, 6.07) is 0.202. The second kappa shape index (κ2) is 5.25. The van der Waals surface area contributed by atoms with Gasteiger partial charge in [-0.05, 0) is 33.1 Å². The van der Waals surface area contributed by atoms with E-state index in [-0.39, 0.29) is 12.1 Å². The van der Waals surface area contributed by atoms with Crippen molar-refractivity contribution in [1.82, 2.24) is 4.90 Å². The Morgan fingerprint density at radius 2 is 1.94 bits per heavy atom. The van der Waals surface area contributed by atoms with Crippen LogP contribution in [0.5, 0.6) is 0 Å². The number of nitrogens with zero attached hydrogens (tertiary/aromatic N) is 1. The van der Waals surface area contributed by atoms with Gasteiger partial charge in [0.1, 0.15) is 5.60 Å². The predicted molar refractivity (Wildman–Crippen MR) is 68.7 cm³/mol. The van der Waals surface area contributed by atoms with Gasteiger partial charge in [-0.2, -0.15) is 0 Å². The van der Waals surface area contributed by atoms with Crippen LogP contribution in [0, 0.1) is 11.8 Å². The maximum absolute atomic E-state index is 11.7. The molecule has 1 amide bonds. The molecule has 0 bridgehead atoms. The minimum Gasteiger partial charge on any atom is -0.444 e. The van der Waals surface area contributed by atoms with Crippen LogP contribution in [0.25, 0.3) is 0 Å². The quantitative estimate of drug-likeness (QED) is 0.825. The fourth-order valence-corrected chi connectivity index (χ4v) is 2.00. The number of amides is 1. The lowest BCUT2D eigenvalue weighted by Crippen LogP contribution is -2.57. The zero-order chi connectivity index (χ0) is 13.2. The molecule has 1 heterocycles. The molecule has 0 radical (unpaired) electrons. The Labute approximate surface area is 104 Å². The lowest BCUT2D eigenvalue weighted by atomic mass is 9.87. The highest BCUT2D eigenvalue weighted by atomic mass is 16.6. The number of rotatable bonds is 3. The van der Waals surface area contributed by atoms with Crippen LogP contribution in [-0.2, 0) is 4.74 Å².